The van der Waals surface area contributed by atoms with Gasteiger partial charge in [0.25, 0.3) is 0 Å². The molecule has 1 aliphatic heterocycles. The Bertz CT molecular complexity index is 1020. The van der Waals surface area contributed by atoms with Crippen LogP contribution in [-0.2, 0) is 19.1 Å². The van der Waals surface area contributed by atoms with Crippen LogP contribution in [0.5, 0.6) is 0 Å². The van der Waals surface area contributed by atoms with E-state index in [1.807, 2.05) is 36.4 Å². The Hall–Kier alpha value is -3.43. The Labute approximate surface area is 190 Å². The number of aliphatic hydroxyl groups is 1. The van der Waals surface area contributed by atoms with E-state index in [0.29, 0.717) is 0 Å². The van der Waals surface area contributed by atoms with E-state index in [0.717, 1.165) is 22.3 Å². The number of hydrogen-bond acceptors (Lipinski definition) is 6. The van der Waals surface area contributed by atoms with Crippen LogP contribution in [0.15, 0.2) is 48.5 Å². The van der Waals surface area contributed by atoms with Crippen molar-refractivity contribution >= 4 is 18.0 Å². The van der Waals surface area contributed by atoms with E-state index in [4.69, 9.17) is 14.6 Å². The lowest BCUT2D eigenvalue weighted by Crippen LogP contribution is -2.67. The smallest absolute Gasteiger partial charge is 0.407 e. The van der Waals surface area contributed by atoms with Crippen LogP contribution in [0.1, 0.15) is 23.5 Å². The predicted molar refractivity (Wildman–Crippen MR) is 118 cm³/mol. The zero-order valence-electron chi connectivity index (χ0n) is 18.2. The highest BCUT2D eigenvalue weighted by molar-refractivity contribution is 5.85. The molecule has 3 N–H and O–H groups in total. The first kappa shape index (κ1) is 22.8. The van der Waals surface area contributed by atoms with Crippen molar-refractivity contribution in [3.63, 3.8) is 0 Å². The molecule has 1 atom stereocenters. The Morgan fingerprint density at radius 1 is 1.09 bits per heavy atom. The van der Waals surface area contributed by atoms with Gasteiger partial charge in [-0.1, -0.05) is 48.5 Å². The zero-order valence-corrected chi connectivity index (χ0v) is 18.2. The number of methoxy groups -OCH3 is 1. The van der Waals surface area contributed by atoms with E-state index in [2.05, 4.69) is 17.4 Å². The molecule has 1 saturated heterocycles. The van der Waals surface area contributed by atoms with Gasteiger partial charge < -0.3 is 29.9 Å². The first-order valence-electron chi connectivity index (χ1n) is 10.7. The van der Waals surface area contributed by atoms with Gasteiger partial charge in [-0.25, -0.2) is 9.59 Å². The van der Waals surface area contributed by atoms with Gasteiger partial charge in [0.2, 0.25) is 5.91 Å². The summed E-state index contributed by atoms with van der Waals surface area (Å²) in [5, 5.41) is 21.3. The van der Waals surface area contributed by atoms with Crippen molar-refractivity contribution < 1.29 is 34.1 Å². The lowest BCUT2D eigenvalue weighted by atomic mass is 9.94. The molecule has 2 aromatic carbocycles. The number of β-amino-alcohol motifs (C(OH)–C–C–N with tert-alkyl or cyclic N) is 1. The normalized spacial score (nSPS) is 16.8. The summed E-state index contributed by atoms with van der Waals surface area (Å²) in [4.78, 5) is 36.8. The van der Waals surface area contributed by atoms with E-state index in [1.54, 1.807) is 0 Å². The van der Waals surface area contributed by atoms with Crippen molar-refractivity contribution in [1.82, 2.24) is 10.2 Å². The number of benzene rings is 2. The summed E-state index contributed by atoms with van der Waals surface area (Å²) in [7, 11) is 1.42. The van der Waals surface area contributed by atoms with E-state index in [9.17, 15) is 19.5 Å². The Morgan fingerprint density at radius 3 is 2.21 bits per heavy atom. The lowest BCUT2D eigenvalue weighted by Gasteiger charge is -2.43. The first-order chi connectivity index (χ1) is 15.8. The van der Waals surface area contributed by atoms with Crippen LogP contribution in [0, 0.1) is 0 Å². The molecule has 174 valence electrons. The second-order valence-electron chi connectivity index (χ2n) is 8.35. The number of amides is 2. The van der Waals surface area contributed by atoms with Crippen molar-refractivity contribution in [2.75, 3.05) is 33.4 Å². The molecule has 0 radical (unpaired) electrons. The molecule has 0 bridgehead atoms. The summed E-state index contributed by atoms with van der Waals surface area (Å²) >= 11 is 0. The molecule has 4 rings (SSSR count). The fourth-order valence-electron chi connectivity index (χ4n) is 4.31. The molecule has 1 fully saturated rings. The maximum atomic E-state index is 12.3. The second-order valence-corrected chi connectivity index (χ2v) is 8.35. The van der Waals surface area contributed by atoms with Gasteiger partial charge in [-0.05, 0) is 22.3 Å². The topological polar surface area (TPSA) is 125 Å². The van der Waals surface area contributed by atoms with Gasteiger partial charge in [0.05, 0.1) is 25.6 Å². The molecule has 1 aliphatic carbocycles. The molecular weight excluding hydrogens is 428 g/mol. The van der Waals surface area contributed by atoms with Crippen molar-refractivity contribution in [1.29, 1.82) is 0 Å². The number of ether oxygens (including phenoxy) is 2. The molecule has 9 nitrogen and oxygen atoms in total. The summed E-state index contributed by atoms with van der Waals surface area (Å²) in [5.41, 5.74) is 2.62. The number of fused-ring (bicyclic) bond motifs is 3. The Morgan fingerprint density at radius 2 is 1.67 bits per heavy atom. The van der Waals surface area contributed by atoms with E-state index < -0.39 is 23.8 Å². The molecule has 9 heteroatoms. The van der Waals surface area contributed by atoms with Crippen LogP contribution < -0.4 is 5.32 Å². The summed E-state index contributed by atoms with van der Waals surface area (Å²) in [5.74, 6) is -1.77. The van der Waals surface area contributed by atoms with Gasteiger partial charge in [-0.3, -0.25) is 4.79 Å². The Balaban J connectivity index is 1.26. The van der Waals surface area contributed by atoms with Crippen molar-refractivity contribution in [3.8, 4) is 11.1 Å². The van der Waals surface area contributed by atoms with E-state index in [-0.39, 0.29) is 44.5 Å². The number of carboxylic acids is 1. The summed E-state index contributed by atoms with van der Waals surface area (Å²) < 4.78 is 10.7. The minimum Gasteiger partial charge on any atom is -0.479 e. The van der Waals surface area contributed by atoms with Crippen LogP contribution >= 0.6 is 0 Å². The molecule has 0 spiro atoms. The predicted octanol–water partition coefficient (Wildman–Crippen LogP) is 1.59. The zero-order chi connectivity index (χ0) is 23.6. The lowest BCUT2D eigenvalue weighted by molar-refractivity contribution is -0.182. The number of carboxylic acid groups (broad SMARTS) is 1. The van der Waals surface area contributed by atoms with Crippen LogP contribution in [0.2, 0.25) is 0 Å². The third-order valence-electron chi connectivity index (χ3n) is 6.21. The number of rotatable bonds is 8. The molecule has 2 aliphatic rings. The molecule has 0 saturated carbocycles. The fraction of sp³-hybridized carbons (Fsp3) is 0.375. The molecule has 0 aromatic heterocycles. The number of aliphatic carboxylic acids is 1. The molecular formula is C24H26N2O7. The van der Waals surface area contributed by atoms with Gasteiger partial charge in [0.15, 0.2) is 5.60 Å². The highest BCUT2D eigenvalue weighted by atomic mass is 16.5. The van der Waals surface area contributed by atoms with Crippen LogP contribution in [0.25, 0.3) is 11.1 Å². The molecule has 33 heavy (non-hydrogen) atoms. The summed E-state index contributed by atoms with van der Waals surface area (Å²) in [6.45, 7) is -0.303. The minimum atomic E-state index is -1.89. The van der Waals surface area contributed by atoms with E-state index >= 15 is 0 Å². The van der Waals surface area contributed by atoms with Crippen LogP contribution in [-0.4, -0.2) is 78.1 Å². The number of carbonyl (C=O) groups excluding carboxylic acids is 2. The maximum absolute atomic E-state index is 12.3. The largest absolute Gasteiger partial charge is 0.479 e. The average molecular weight is 454 g/mol. The average Bonchev–Trinajstić information content (AvgIpc) is 3.11. The van der Waals surface area contributed by atoms with Crippen molar-refractivity contribution in [2.45, 2.75) is 24.0 Å². The van der Waals surface area contributed by atoms with E-state index in [1.165, 1.54) is 12.0 Å². The quantitative estimate of drug-likeness (QED) is 0.553. The van der Waals surface area contributed by atoms with Gasteiger partial charge >= 0.3 is 12.1 Å². The first-order valence-corrected chi connectivity index (χ1v) is 10.7. The van der Waals surface area contributed by atoms with Gasteiger partial charge in [0, 0.05) is 19.6 Å². The van der Waals surface area contributed by atoms with Gasteiger partial charge in [-0.2, -0.15) is 0 Å². The van der Waals surface area contributed by atoms with Gasteiger partial charge in [-0.15, -0.1) is 0 Å². The Kier molecular flexibility index (Phi) is 6.35. The number of nitrogens with zero attached hydrogens (tertiary/aromatic N) is 1. The highest BCUT2D eigenvalue weighted by Crippen LogP contribution is 2.44. The number of likely N-dealkylation sites (tertiary alicyclic amines) is 1. The summed E-state index contributed by atoms with van der Waals surface area (Å²) in [6, 6.07) is 16.1. The maximum Gasteiger partial charge on any atom is 0.407 e. The standard InChI is InChI=1S/C24H26N2O7/c1-32-15(10-21(27)26-13-24(31,14-26)22(28)29)11-25-23(30)33-12-20-18-8-4-2-6-16(18)17-7-3-5-9-19(17)20/h2-9,15,20,31H,10-14H2,1H3,(H,25,30)(H,28,29). The van der Waals surface area contributed by atoms with Gasteiger partial charge in [0.1, 0.15) is 6.61 Å². The molecule has 2 amide bonds. The third-order valence-corrected chi connectivity index (χ3v) is 6.21. The molecule has 1 unspecified atom stereocenters. The summed E-state index contributed by atoms with van der Waals surface area (Å²) in [6.07, 6.45) is -1.29. The number of hydrogen-bond donors (Lipinski definition) is 3. The second kappa shape index (κ2) is 9.21. The highest BCUT2D eigenvalue weighted by Gasteiger charge is 2.50. The van der Waals surface area contributed by atoms with Crippen LogP contribution in [0.3, 0.4) is 0 Å². The SMILES string of the molecule is COC(CNC(=O)OCC1c2ccccc2-c2ccccc21)CC(=O)N1CC(O)(C(=O)O)C1. The molecule has 2 aromatic rings. The number of carbonyl (C=O) groups is 3. The minimum absolute atomic E-state index is 0.0515. The van der Waals surface area contributed by atoms with Crippen LogP contribution in [0.4, 0.5) is 4.79 Å². The van der Waals surface area contributed by atoms with Crippen molar-refractivity contribution in [2.24, 2.45) is 0 Å². The number of nitrogens with one attached hydrogen (secondary N) is 1. The monoisotopic (exact) mass is 454 g/mol. The number of alkyl carbamates (subject to hydrolysis) is 1. The fourth-order valence-corrected chi connectivity index (χ4v) is 4.31. The third kappa shape index (κ3) is 4.55. The molecule has 1 heterocycles. The van der Waals surface area contributed by atoms with Crippen molar-refractivity contribution in [3.05, 3.63) is 59.7 Å².